The van der Waals surface area contributed by atoms with Gasteiger partial charge in [0.05, 0.1) is 25.1 Å². The van der Waals surface area contributed by atoms with Gasteiger partial charge < -0.3 is 14.2 Å². The van der Waals surface area contributed by atoms with Gasteiger partial charge in [0, 0.05) is 34.9 Å². The van der Waals surface area contributed by atoms with Gasteiger partial charge in [-0.25, -0.2) is 37.0 Å². The molecule has 1 aliphatic heterocycles. The number of methoxy groups -OCH3 is 1. The maximum absolute atomic E-state index is 15.6. The predicted octanol–water partition coefficient (Wildman–Crippen LogP) is 4.01. The number of ether oxygens (including phenoxy) is 3. The number of hydrogen-bond acceptors (Lipinski definition) is 8. The van der Waals surface area contributed by atoms with Gasteiger partial charge in [0.2, 0.25) is 15.9 Å². The fourth-order valence-corrected chi connectivity index (χ4v) is 5.38. The summed E-state index contributed by atoms with van der Waals surface area (Å²) in [7, 11) is -3.15. The Morgan fingerprint density at radius 3 is 2.68 bits per heavy atom. The highest BCUT2D eigenvalue weighted by atomic mass is 32.2. The maximum Gasteiger partial charge on any atom is 0.244 e. The van der Waals surface area contributed by atoms with Crippen molar-refractivity contribution in [3.63, 3.8) is 0 Å². The summed E-state index contributed by atoms with van der Waals surface area (Å²) < 4.78 is 73.2. The molecule has 0 amide bonds. The number of nitrogens with two attached hydrogens (primary N) is 1. The van der Waals surface area contributed by atoms with Crippen molar-refractivity contribution in [1.29, 1.82) is 0 Å². The fourth-order valence-electron chi connectivity index (χ4n) is 4.52. The van der Waals surface area contributed by atoms with Gasteiger partial charge in [0.1, 0.15) is 24.0 Å². The van der Waals surface area contributed by atoms with Gasteiger partial charge in [-0.15, -0.1) is 0 Å². The average molecular weight is 546 g/mol. The van der Waals surface area contributed by atoms with E-state index < -0.39 is 38.7 Å². The molecule has 1 atom stereocenters. The number of primary sulfonamides is 1. The summed E-state index contributed by atoms with van der Waals surface area (Å²) in [5, 5.41) is 10.5. The van der Waals surface area contributed by atoms with E-state index in [1.807, 2.05) is 0 Å². The lowest BCUT2D eigenvalue weighted by atomic mass is 10.0. The van der Waals surface area contributed by atoms with Crippen molar-refractivity contribution in [2.45, 2.75) is 43.9 Å². The first-order valence-electron chi connectivity index (χ1n) is 11.8. The van der Waals surface area contributed by atoms with Crippen LogP contribution in [0.4, 0.5) is 8.78 Å². The van der Waals surface area contributed by atoms with Crippen LogP contribution < -0.4 is 14.6 Å². The molecule has 5 rings (SSSR count). The van der Waals surface area contributed by atoms with E-state index in [2.05, 4.69) is 15.1 Å². The molecule has 4 aromatic rings. The van der Waals surface area contributed by atoms with E-state index >= 15 is 4.39 Å². The van der Waals surface area contributed by atoms with E-state index in [4.69, 9.17) is 19.3 Å². The molecule has 1 fully saturated rings. The molecule has 1 aromatic carbocycles. The fraction of sp³-hybridized carbons (Fsp3) is 0.320. The zero-order valence-electron chi connectivity index (χ0n) is 20.6. The standard InChI is InChI=1S/C25H25F2N5O5S/c1-14-17-11-31-32(21-5-3-4-10-36-21)24(17)30-12-20(14)37-13-18-19(26)7-6-15(22(18)27)16-8-9-29-25(35-2)23(16)38(28,33)34/h6-9,11-12,21H,3-5,10,13H2,1-2H3,(H2,28,33,34). The van der Waals surface area contributed by atoms with Gasteiger partial charge in [0.25, 0.3) is 0 Å². The minimum atomic E-state index is -4.36. The minimum Gasteiger partial charge on any atom is -0.487 e. The summed E-state index contributed by atoms with van der Waals surface area (Å²) in [6.45, 7) is 1.98. The summed E-state index contributed by atoms with van der Waals surface area (Å²) in [4.78, 5) is 7.79. The summed E-state index contributed by atoms with van der Waals surface area (Å²) in [5.74, 6) is -1.85. The number of aromatic nitrogens is 4. The van der Waals surface area contributed by atoms with Crippen molar-refractivity contribution < 1.29 is 31.4 Å². The molecule has 0 bridgehead atoms. The third kappa shape index (κ3) is 4.68. The lowest BCUT2D eigenvalue weighted by molar-refractivity contribution is -0.0370. The molecule has 200 valence electrons. The largest absolute Gasteiger partial charge is 0.487 e. The Bertz CT molecular complexity index is 1620. The molecule has 3 aromatic heterocycles. The third-order valence-corrected chi connectivity index (χ3v) is 7.44. The molecule has 1 aliphatic rings. The number of halogens is 2. The molecule has 2 N–H and O–H groups in total. The number of fused-ring (bicyclic) bond motifs is 1. The molecule has 1 unspecified atom stereocenters. The Labute approximate surface area is 217 Å². The van der Waals surface area contributed by atoms with E-state index in [9.17, 15) is 12.8 Å². The van der Waals surface area contributed by atoms with Gasteiger partial charge in [-0.3, -0.25) is 0 Å². The third-order valence-electron chi connectivity index (χ3n) is 6.47. The van der Waals surface area contributed by atoms with Crippen LogP contribution in [0, 0.1) is 18.6 Å². The summed E-state index contributed by atoms with van der Waals surface area (Å²) in [6, 6.07) is 3.41. The highest BCUT2D eigenvalue weighted by Gasteiger charge is 2.26. The van der Waals surface area contributed by atoms with Gasteiger partial charge in [-0.2, -0.15) is 5.10 Å². The summed E-state index contributed by atoms with van der Waals surface area (Å²) in [6.07, 6.45) is 7.06. The number of rotatable bonds is 7. The second-order valence-corrected chi connectivity index (χ2v) is 10.3. The summed E-state index contributed by atoms with van der Waals surface area (Å²) in [5.41, 5.74) is 0.612. The van der Waals surface area contributed by atoms with Gasteiger partial charge in [-0.05, 0) is 44.4 Å². The van der Waals surface area contributed by atoms with Crippen LogP contribution in [0.25, 0.3) is 22.2 Å². The van der Waals surface area contributed by atoms with Gasteiger partial charge in [-0.1, -0.05) is 0 Å². The van der Waals surface area contributed by atoms with Gasteiger partial charge >= 0.3 is 0 Å². The Kier molecular flexibility index (Phi) is 6.99. The topological polar surface area (TPSA) is 131 Å². The maximum atomic E-state index is 15.6. The minimum absolute atomic E-state index is 0.116. The molecule has 10 nitrogen and oxygen atoms in total. The highest BCUT2D eigenvalue weighted by molar-refractivity contribution is 7.89. The van der Waals surface area contributed by atoms with Crippen LogP contribution in [-0.2, 0) is 21.4 Å². The van der Waals surface area contributed by atoms with Crippen molar-refractivity contribution in [3.8, 4) is 22.8 Å². The SMILES string of the molecule is COc1nccc(-c2ccc(F)c(COc3cnc4c(cnn4C4CCCCO4)c3C)c2F)c1S(N)(=O)=O. The van der Waals surface area contributed by atoms with Crippen LogP contribution in [-0.4, -0.2) is 41.9 Å². The smallest absolute Gasteiger partial charge is 0.244 e. The zero-order chi connectivity index (χ0) is 27.0. The molecule has 0 aliphatic carbocycles. The molecular weight excluding hydrogens is 520 g/mol. The molecular formula is C25H25F2N5O5S. The summed E-state index contributed by atoms with van der Waals surface area (Å²) >= 11 is 0. The molecule has 0 saturated carbocycles. The Morgan fingerprint density at radius 1 is 1.16 bits per heavy atom. The number of aryl methyl sites for hydroxylation is 1. The van der Waals surface area contributed by atoms with Crippen molar-refractivity contribution in [3.05, 3.63) is 59.6 Å². The Morgan fingerprint density at radius 2 is 1.97 bits per heavy atom. The molecule has 1 saturated heterocycles. The molecule has 0 spiro atoms. The van der Waals surface area contributed by atoms with Crippen LogP contribution in [0.5, 0.6) is 11.6 Å². The average Bonchev–Trinajstić information content (AvgIpc) is 3.34. The van der Waals surface area contributed by atoms with Gasteiger partial charge in [0.15, 0.2) is 16.8 Å². The molecule has 0 radical (unpaired) electrons. The van der Waals surface area contributed by atoms with E-state index in [0.29, 0.717) is 23.6 Å². The van der Waals surface area contributed by atoms with E-state index in [1.54, 1.807) is 17.8 Å². The molecule has 38 heavy (non-hydrogen) atoms. The Balaban J connectivity index is 1.47. The normalized spacial score (nSPS) is 16.1. The monoisotopic (exact) mass is 545 g/mol. The van der Waals surface area contributed by atoms with Crippen LogP contribution in [0.15, 0.2) is 41.7 Å². The number of sulfonamides is 1. The lowest BCUT2D eigenvalue weighted by Crippen LogP contribution is -2.19. The van der Waals surface area contributed by atoms with Crippen molar-refractivity contribution >= 4 is 21.1 Å². The van der Waals surface area contributed by atoms with E-state index in [0.717, 1.165) is 36.8 Å². The van der Waals surface area contributed by atoms with Crippen molar-refractivity contribution in [2.75, 3.05) is 13.7 Å². The first kappa shape index (κ1) is 25.9. The first-order valence-corrected chi connectivity index (χ1v) is 13.4. The lowest BCUT2D eigenvalue weighted by Gasteiger charge is -2.23. The number of pyridine rings is 2. The molecule has 4 heterocycles. The number of nitrogens with zero attached hydrogens (tertiary/aromatic N) is 4. The van der Waals surface area contributed by atoms with E-state index in [-0.39, 0.29) is 23.2 Å². The quantitative estimate of drug-likeness (QED) is 0.369. The van der Waals surface area contributed by atoms with Crippen LogP contribution in [0.3, 0.4) is 0 Å². The van der Waals surface area contributed by atoms with Crippen LogP contribution in [0.1, 0.15) is 36.6 Å². The van der Waals surface area contributed by atoms with Crippen LogP contribution in [0.2, 0.25) is 0 Å². The first-order chi connectivity index (χ1) is 18.2. The van der Waals surface area contributed by atoms with E-state index in [1.165, 1.54) is 25.6 Å². The highest BCUT2D eigenvalue weighted by Crippen LogP contribution is 2.36. The number of hydrogen-bond donors (Lipinski definition) is 1. The van der Waals surface area contributed by atoms with Crippen molar-refractivity contribution in [2.24, 2.45) is 5.14 Å². The molecule has 13 heteroatoms. The predicted molar refractivity (Wildman–Crippen MR) is 133 cm³/mol. The second kappa shape index (κ2) is 10.2. The van der Waals surface area contributed by atoms with Crippen molar-refractivity contribution in [1.82, 2.24) is 19.7 Å². The number of benzene rings is 1. The second-order valence-electron chi connectivity index (χ2n) is 8.81. The Hall–Kier alpha value is -3.68. The van der Waals surface area contributed by atoms with Crippen LogP contribution >= 0.6 is 0 Å². The zero-order valence-corrected chi connectivity index (χ0v) is 21.5.